The van der Waals surface area contributed by atoms with E-state index in [1.165, 1.54) is 17.8 Å². The quantitative estimate of drug-likeness (QED) is 0.458. The summed E-state index contributed by atoms with van der Waals surface area (Å²) in [5, 5.41) is 22.8. The Labute approximate surface area is 128 Å². The highest BCUT2D eigenvalue weighted by atomic mass is 32.2. The molecule has 1 aromatic carbocycles. The molecule has 1 rings (SSSR count). The number of nitro groups is 1. The lowest BCUT2D eigenvalue weighted by atomic mass is 10.0. The van der Waals surface area contributed by atoms with E-state index in [4.69, 9.17) is 5.11 Å². The van der Waals surface area contributed by atoms with E-state index < -0.39 is 4.92 Å². The molecule has 0 saturated carbocycles. The summed E-state index contributed by atoms with van der Waals surface area (Å²) in [5.74, 6) is -0.195. The summed E-state index contributed by atoms with van der Waals surface area (Å²) in [7, 11) is 0. The number of rotatable bonds is 7. The molecule has 0 spiro atoms. The van der Waals surface area contributed by atoms with Gasteiger partial charge in [-0.1, -0.05) is 13.8 Å². The van der Waals surface area contributed by atoms with Crippen molar-refractivity contribution < 1.29 is 14.8 Å². The maximum absolute atomic E-state index is 12.2. The Morgan fingerprint density at radius 1 is 1.48 bits per heavy atom. The number of amides is 1. The van der Waals surface area contributed by atoms with Gasteiger partial charge in [0.05, 0.1) is 9.82 Å². The average molecular weight is 312 g/mol. The summed E-state index contributed by atoms with van der Waals surface area (Å²) in [6, 6.07) is 4.28. The molecular weight excluding hydrogens is 292 g/mol. The van der Waals surface area contributed by atoms with E-state index >= 15 is 0 Å². The van der Waals surface area contributed by atoms with Crippen LogP contribution < -0.4 is 5.32 Å². The molecule has 6 nitrogen and oxygen atoms in total. The third-order valence-electron chi connectivity index (χ3n) is 3.20. The Kier molecular flexibility index (Phi) is 6.64. The second-order valence-electron chi connectivity index (χ2n) is 4.98. The monoisotopic (exact) mass is 312 g/mol. The van der Waals surface area contributed by atoms with Crippen LogP contribution in [0.3, 0.4) is 0 Å². The predicted octanol–water partition coefficient (Wildman–Crippen LogP) is 2.45. The van der Waals surface area contributed by atoms with E-state index in [0.717, 1.165) is 0 Å². The molecular formula is C14H20N2O4S. The van der Waals surface area contributed by atoms with Gasteiger partial charge in [-0.05, 0) is 30.7 Å². The number of aliphatic hydroxyl groups is 1. The van der Waals surface area contributed by atoms with Crippen molar-refractivity contribution in [1.29, 1.82) is 0 Å². The van der Waals surface area contributed by atoms with E-state index in [0.29, 0.717) is 11.3 Å². The summed E-state index contributed by atoms with van der Waals surface area (Å²) in [6.45, 7) is 3.87. The number of carbonyl (C=O) groups excluding carboxylic acids is 1. The van der Waals surface area contributed by atoms with Gasteiger partial charge < -0.3 is 10.4 Å². The fraction of sp³-hybridized carbons (Fsp3) is 0.500. The molecule has 1 unspecified atom stereocenters. The van der Waals surface area contributed by atoms with Crippen molar-refractivity contribution in [3.8, 4) is 0 Å². The van der Waals surface area contributed by atoms with Crippen molar-refractivity contribution >= 4 is 23.4 Å². The number of aliphatic hydroxyl groups excluding tert-OH is 1. The first-order valence-corrected chi connectivity index (χ1v) is 7.87. The molecule has 1 atom stereocenters. The van der Waals surface area contributed by atoms with Crippen LogP contribution in [0.2, 0.25) is 0 Å². The SMILES string of the molecule is CSc1ccc(C(=O)NC(CCO)C(C)C)cc1[N+](=O)[O-]. The lowest BCUT2D eigenvalue weighted by Gasteiger charge is -2.21. The zero-order valence-electron chi connectivity index (χ0n) is 12.3. The maximum Gasteiger partial charge on any atom is 0.283 e. The number of nitrogens with zero attached hydrogens (tertiary/aromatic N) is 1. The molecule has 0 bridgehead atoms. The number of thioether (sulfide) groups is 1. The molecule has 0 aromatic heterocycles. The van der Waals surface area contributed by atoms with E-state index in [2.05, 4.69) is 5.32 Å². The summed E-state index contributed by atoms with van der Waals surface area (Å²) in [4.78, 5) is 23.2. The first kappa shape index (κ1) is 17.5. The third-order valence-corrected chi connectivity index (χ3v) is 3.98. The Morgan fingerprint density at radius 3 is 2.62 bits per heavy atom. The number of nitrogens with one attached hydrogen (secondary N) is 1. The van der Waals surface area contributed by atoms with Gasteiger partial charge in [-0.25, -0.2) is 0 Å². The Hall–Kier alpha value is -1.60. The molecule has 2 N–H and O–H groups in total. The molecule has 0 aliphatic heterocycles. The van der Waals surface area contributed by atoms with E-state index in [-0.39, 0.29) is 35.7 Å². The fourth-order valence-electron chi connectivity index (χ4n) is 1.94. The molecule has 1 aromatic rings. The van der Waals surface area contributed by atoms with Crippen molar-refractivity contribution in [2.45, 2.75) is 31.2 Å². The van der Waals surface area contributed by atoms with Gasteiger partial charge in [0.2, 0.25) is 0 Å². The van der Waals surface area contributed by atoms with Crippen LogP contribution in [-0.2, 0) is 0 Å². The molecule has 1 amide bonds. The fourth-order valence-corrected chi connectivity index (χ4v) is 2.48. The van der Waals surface area contributed by atoms with Gasteiger partial charge in [-0.3, -0.25) is 14.9 Å². The van der Waals surface area contributed by atoms with Crippen LogP contribution in [-0.4, -0.2) is 34.8 Å². The first-order valence-electron chi connectivity index (χ1n) is 6.64. The minimum atomic E-state index is -0.490. The van der Waals surface area contributed by atoms with Gasteiger partial charge in [-0.15, -0.1) is 11.8 Å². The highest BCUT2D eigenvalue weighted by Gasteiger charge is 2.20. The van der Waals surface area contributed by atoms with Crippen LogP contribution in [0.4, 0.5) is 5.69 Å². The van der Waals surface area contributed by atoms with Crippen molar-refractivity contribution in [2.24, 2.45) is 5.92 Å². The number of benzene rings is 1. The van der Waals surface area contributed by atoms with E-state index in [9.17, 15) is 14.9 Å². The molecule has 0 radical (unpaired) electrons. The second kappa shape index (κ2) is 7.99. The Morgan fingerprint density at radius 2 is 2.14 bits per heavy atom. The summed E-state index contributed by atoms with van der Waals surface area (Å²) >= 11 is 1.26. The topological polar surface area (TPSA) is 92.5 Å². The summed E-state index contributed by atoms with van der Waals surface area (Å²) < 4.78 is 0. The molecule has 21 heavy (non-hydrogen) atoms. The molecule has 7 heteroatoms. The molecule has 0 saturated heterocycles. The van der Waals surface area contributed by atoms with Crippen molar-refractivity contribution in [3.05, 3.63) is 33.9 Å². The van der Waals surface area contributed by atoms with Gasteiger partial charge in [-0.2, -0.15) is 0 Å². The third kappa shape index (κ3) is 4.71. The van der Waals surface area contributed by atoms with E-state index in [1.54, 1.807) is 18.4 Å². The number of carbonyl (C=O) groups is 1. The van der Waals surface area contributed by atoms with Crippen LogP contribution >= 0.6 is 11.8 Å². The summed E-state index contributed by atoms with van der Waals surface area (Å²) in [6.07, 6.45) is 2.20. The normalized spacial score (nSPS) is 12.2. The maximum atomic E-state index is 12.2. The second-order valence-corrected chi connectivity index (χ2v) is 5.83. The van der Waals surface area contributed by atoms with Crippen LogP contribution in [0.5, 0.6) is 0 Å². The lowest BCUT2D eigenvalue weighted by Crippen LogP contribution is -2.39. The Balaban J connectivity index is 2.97. The Bertz CT molecular complexity index is 520. The van der Waals surface area contributed by atoms with Crippen LogP contribution in [0.25, 0.3) is 0 Å². The van der Waals surface area contributed by atoms with Crippen LogP contribution in [0.1, 0.15) is 30.6 Å². The lowest BCUT2D eigenvalue weighted by molar-refractivity contribution is -0.387. The minimum absolute atomic E-state index is 0.0192. The number of nitro benzene ring substituents is 1. The molecule has 0 aliphatic carbocycles. The highest BCUT2D eigenvalue weighted by molar-refractivity contribution is 7.98. The largest absolute Gasteiger partial charge is 0.396 e. The van der Waals surface area contributed by atoms with Crippen molar-refractivity contribution in [3.63, 3.8) is 0 Å². The number of hydrogen-bond acceptors (Lipinski definition) is 5. The molecule has 0 heterocycles. The number of hydrogen-bond donors (Lipinski definition) is 2. The zero-order valence-corrected chi connectivity index (χ0v) is 13.1. The van der Waals surface area contributed by atoms with Gasteiger partial charge in [0.15, 0.2) is 0 Å². The average Bonchev–Trinajstić information content (AvgIpc) is 2.45. The van der Waals surface area contributed by atoms with Crippen molar-refractivity contribution in [1.82, 2.24) is 5.32 Å². The van der Waals surface area contributed by atoms with E-state index in [1.807, 2.05) is 13.8 Å². The predicted molar refractivity (Wildman–Crippen MR) is 82.7 cm³/mol. The molecule has 0 aliphatic rings. The standard InChI is InChI=1S/C14H20N2O4S/c1-9(2)11(6-7-17)15-14(18)10-4-5-13(21-3)12(8-10)16(19)20/h4-5,8-9,11,17H,6-7H2,1-3H3,(H,15,18). The van der Waals surface area contributed by atoms with Gasteiger partial charge in [0.1, 0.15) is 0 Å². The van der Waals surface area contributed by atoms with Crippen LogP contribution in [0.15, 0.2) is 23.1 Å². The van der Waals surface area contributed by atoms with Gasteiger partial charge in [0.25, 0.3) is 11.6 Å². The molecule has 116 valence electrons. The van der Waals surface area contributed by atoms with Crippen LogP contribution in [0, 0.1) is 16.0 Å². The summed E-state index contributed by atoms with van der Waals surface area (Å²) in [5.41, 5.74) is 0.182. The van der Waals surface area contributed by atoms with Gasteiger partial charge in [0, 0.05) is 24.3 Å². The van der Waals surface area contributed by atoms with Crippen molar-refractivity contribution in [2.75, 3.05) is 12.9 Å². The minimum Gasteiger partial charge on any atom is -0.396 e. The first-order chi connectivity index (χ1) is 9.90. The smallest absolute Gasteiger partial charge is 0.283 e. The zero-order chi connectivity index (χ0) is 16.0. The molecule has 0 fully saturated rings. The highest BCUT2D eigenvalue weighted by Crippen LogP contribution is 2.28. The van der Waals surface area contributed by atoms with Gasteiger partial charge >= 0.3 is 0 Å².